The molecule has 0 N–H and O–H groups in total. The molecule has 2 amide bonds. The van der Waals surface area contributed by atoms with E-state index in [1.165, 1.54) is 4.90 Å². The van der Waals surface area contributed by atoms with Gasteiger partial charge in [0.25, 0.3) is 0 Å². The first-order valence-corrected chi connectivity index (χ1v) is 12.3. The molecule has 0 saturated carbocycles. The lowest BCUT2D eigenvalue weighted by molar-refractivity contribution is -0.134. The summed E-state index contributed by atoms with van der Waals surface area (Å²) in [5.74, 6) is -0.587. The lowest BCUT2D eigenvalue weighted by atomic mass is 9.94. The number of hydrogen-bond donors (Lipinski definition) is 0. The van der Waals surface area contributed by atoms with Gasteiger partial charge in [0.1, 0.15) is 6.61 Å². The van der Waals surface area contributed by atoms with E-state index >= 15 is 0 Å². The maximum atomic E-state index is 13.7. The molecule has 1 heterocycles. The van der Waals surface area contributed by atoms with Crippen LogP contribution < -0.4 is 0 Å². The first-order chi connectivity index (χ1) is 16.6. The standard InChI is InChI=1S/C28H28BrNO4/c29-25-13-11-22(12-14-25)17-24(15-16-33-19-23-9-5-2-6-10-23)27(31)30-26(20-34-28(30)32)18-21-7-3-1-4-8-21/h1-14,24,26H,15-20H2/t24-,26+/m1/s1. The number of benzene rings is 3. The second kappa shape index (κ2) is 12.0. The van der Waals surface area contributed by atoms with Crippen LogP contribution in [0.3, 0.4) is 0 Å². The first kappa shape index (κ1) is 24.2. The van der Waals surface area contributed by atoms with Crippen LogP contribution in [0, 0.1) is 5.92 Å². The van der Waals surface area contributed by atoms with E-state index in [1.807, 2.05) is 84.9 Å². The van der Waals surface area contributed by atoms with Gasteiger partial charge < -0.3 is 9.47 Å². The van der Waals surface area contributed by atoms with Crippen molar-refractivity contribution in [3.63, 3.8) is 0 Å². The normalized spacial score (nSPS) is 16.3. The van der Waals surface area contributed by atoms with Gasteiger partial charge in [0, 0.05) is 17.0 Å². The Hall–Kier alpha value is -2.96. The molecule has 6 heteroatoms. The molecular formula is C28H28BrNO4. The summed E-state index contributed by atoms with van der Waals surface area (Å²) >= 11 is 3.46. The molecule has 176 valence electrons. The zero-order valence-corrected chi connectivity index (χ0v) is 20.5. The fourth-order valence-electron chi connectivity index (χ4n) is 4.17. The average molecular weight is 522 g/mol. The Morgan fingerprint density at radius 3 is 2.26 bits per heavy atom. The van der Waals surface area contributed by atoms with Crippen molar-refractivity contribution in [2.45, 2.75) is 31.9 Å². The van der Waals surface area contributed by atoms with Gasteiger partial charge in [-0.2, -0.15) is 0 Å². The Morgan fingerprint density at radius 1 is 0.941 bits per heavy atom. The van der Waals surface area contributed by atoms with Gasteiger partial charge in [-0.15, -0.1) is 0 Å². The molecule has 5 nitrogen and oxygen atoms in total. The van der Waals surface area contributed by atoms with E-state index in [4.69, 9.17) is 9.47 Å². The van der Waals surface area contributed by atoms with Crippen LogP contribution in [0.4, 0.5) is 4.79 Å². The van der Waals surface area contributed by atoms with Crippen LogP contribution >= 0.6 is 15.9 Å². The van der Waals surface area contributed by atoms with Crippen molar-refractivity contribution in [3.05, 3.63) is 106 Å². The van der Waals surface area contributed by atoms with E-state index in [1.54, 1.807) is 0 Å². The molecule has 0 spiro atoms. The molecule has 1 aliphatic rings. The number of carbonyl (C=O) groups excluding carboxylic acids is 2. The van der Waals surface area contributed by atoms with Crippen LogP contribution in [0.5, 0.6) is 0 Å². The maximum absolute atomic E-state index is 13.7. The van der Waals surface area contributed by atoms with Crippen molar-refractivity contribution in [1.29, 1.82) is 0 Å². The van der Waals surface area contributed by atoms with Crippen LogP contribution in [0.15, 0.2) is 89.4 Å². The summed E-state index contributed by atoms with van der Waals surface area (Å²) < 4.78 is 12.2. The number of hydrogen-bond acceptors (Lipinski definition) is 4. The molecular weight excluding hydrogens is 494 g/mol. The van der Waals surface area contributed by atoms with Gasteiger partial charge in [0.2, 0.25) is 5.91 Å². The quantitative estimate of drug-likeness (QED) is 0.316. The van der Waals surface area contributed by atoms with Crippen LogP contribution in [-0.2, 0) is 33.7 Å². The van der Waals surface area contributed by atoms with Crippen LogP contribution in [0.25, 0.3) is 0 Å². The molecule has 0 radical (unpaired) electrons. The minimum absolute atomic E-state index is 0.199. The Morgan fingerprint density at radius 2 is 1.59 bits per heavy atom. The third-order valence-electron chi connectivity index (χ3n) is 5.98. The number of ether oxygens (including phenoxy) is 2. The number of nitrogens with zero attached hydrogens (tertiary/aromatic N) is 1. The summed E-state index contributed by atoms with van der Waals surface area (Å²) in [6, 6.07) is 27.4. The lowest BCUT2D eigenvalue weighted by Gasteiger charge is -2.25. The Kier molecular flexibility index (Phi) is 8.50. The van der Waals surface area contributed by atoms with Gasteiger partial charge in [0.15, 0.2) is 0 Å². The number of rotatable bonds is 10. The third kappa shape index (κ3) is 6.55. The molecule has 1 saturated heterocycles. The molecule has 2 atom stereocenters. The first-order valence-electron chi connectivity index (χ1n) is 11.5. The van der Waals surface area contributed by atoms with Crippen molar-refractivity contribution in [2.24, 2.45) is 5.92 Å². The third-order valence-corrected chi connectivity index (χ3v) is 6.51. The van der Waals surface area contributed by atoms with Crippen LogP contribution in [0.2, 0.25) is 0 Å². The number of amides is 2. The largest absolute Gasteiger partial charge is 0.447 e. The zero-order valence-electron chi connectivity index (χ0n) is 18.9. The predicted molar refractivity (Wildman–Crippen MR) is 134 cm³/mol. The Balaban J connectivity index is 1.45. The highest BCUT2D eigenvalue weighted by atomic mass is 79.9. The highest BCUT2D eigenvalue weighted by Crippen LogP contribution is 2.24. The summed E-state index contributed by atoms with van der Waals surface area (Å²) in [7, 11) is 0. The van der Waals surface area contributed by atoms with E-state index < -0.39 is 6.09 Å². The summed E-state index contributed by atoms with van der Waals surface area (Å²) in [5, 5.41) is 0. The number of carbonyl (C=O) groups is 2. The highest BCUT2D eigenvalue weighted by Gasteiger charge is 2.40. The fourth-order valence-corrected chi connectivity index (χ4v) is 4.44. The molecule has 1 aliphatic heterocycles. The van der Waals surface area contributed by atoms with E-state index in [0.29, 0.717) is 32.5 Å². The Bertz CT molecular complexity index is 1070. The van der Waals surface area contributed by atoms with E-state index in [9.17, 15) is 9.59 Å². The fraction of sp³-hybridized carbons (Fsp3) is 0.286. The van der Waals surface area contributed by atoms with Crippen molar-refractivity contribution < 1.29 is 19.1 Å². The summed E-state index contributed by atoms with van der Waals surface area (Å²) in [6.45, 7) is 1.13. The highest BCUT2D eigenvalue weighted by molar-refractivity contribution is 9.10. The summed E-state index contributed by atoms with van der Waals surface area (Å²) in [6.07, 6.45) is 1.07. The molecule has 4 rings (SSSR count). The molecule has 1 fully saturated rings. The average Bonchev–Trinajstić information content (AvgIpc) is 3.22. The minimum atomic E-state index is -0.558. The SMILES string of the molecule is O=C1OC[C@H](Cc2ccccc2)N1C(=O)[C@H](CCOCc1ccccc1)Cc1ccc(Br)cc1. The minimum Gasteiger partial charge on any atom is -0.447 e. The van der Waals surface area contributed by atoms with Gasteiger partial charge in [-0.05, 0) is 48.1 Å². The predicted octanol–water partition coefficient (Wildman–Crippen LogP) is 5.80. The van der Waals surface area contributed by atoms with Crippen molar-refractivity contribution in [2.75, 3.05) is 13.2 Å². The topological polar surface area (TPSA) is 55.8 Å². The van der Waals surface area contributed by atoms with Crippen LogP contribution in [-0.4, -0.2) is 36.2 Å². The second-order valence-electron chi connectivity index (χ2n) is 8.48. The van der Waals surface area contributed by atoms with Crippen LogP contribution in [0.1, 0.15) is 23.1 Å². The van der Waals surface area contributed by atoms with Gasteiger partial charge in [-0.3, -0.25) is 4.79 Å². The van der Waals surface area contributed by atoms with E-state index in [0.717, 1.165) is 21.2 Å². The molecule has 0 unspecified atom stereocenters. The monoisotopic (exact) mass is 521 g/mol. The molecule has 3 aromatic carbocycles. The molecule has 3 aromatic rings. The molecule has 0 bridgehead atoms. The number of imide groups is 1. The maximum Gasteiger partial charge on any atom is 0.416 e. The second-order valence-corrected chi connectivity index (χ2v) is 9.40. The van der Waals surface area contributed by atoms with Gasteiger partial charge in [-0.1, -0.05) is 88.7 Å². The number of halogens is 1. The Labute approximate surface area is 208 Å². The molecule has 34 heavy (non-hydrogen) atoms. The van der Waals surface area contributed by atoms with Crippen molar-refractivity contribution in [3.8, 4) is 0 Å². The van der Waals surface area contributed by atoms with Crippen molar-refractivity contribution >= 4 is 27.9 Å². The molecule has 0 aliphatic carbocycles. The smallest absolute Gasteiger partial charge is 0.416 e. The number of cyclic esters (lactones) is 1. The van der Waals surface area contributed by atoms with Gasteiger partial charge in [-0.25, -0.2) is 9.69 Å². The summed E-state index contributed by atoms with van der Waals surface area (Å²) in [4.78, 5) is 27.6. The van der Waals surface area contributed by atoms with Gasteiger partial charge >= 0.3 is 6.09 Å². The van der Waals surface area contributed by atoms with Gasteiger partial charge in [0.05, 0.1) is 12.6 Å². The van der Waals surface area contributed by atoms with E-state index in [2.05, 4.69) is 15.9 Å². The zero-order chi connectivity index (χ0) is 23.8. The summed E-state index contributed by atoms with van der Waals surface area (Å²) in [5.41, 5.74) is 3.19. The van der Waals surface area contributed by atoms with E-state index in [-0.39, 0.29) is 24.5 Å². The lowest BCUT2D eigenvalue weighted by Crippen LogP contribution is -2.44. The van der Waals surface area contributed by atoms with Crippen molar-refractivity contribution in [1.82, 2.24) is 4.90 Å². The molecule has 0 aromatic heterocycles.